The lowest BCUT2D eigenvalue weighted by Gasteiger charge is -2.20. The van der Waals surface area contributed by atoms with Gasteiger partial charge in [0.2, 0.25) is 0 Å². The second-order valence-corrected chi connectivity index (χ2v) is 6.56. The molecule has 0 heterocycles. The average Bonchev–Trinajstić information content (AvgIpc) is 2.61. The number of para-hydroxylation sites is 1. The van der Waals surface area contributed by atoms with Crippen LogP contribution in [0, 0.1) is 0 Å². The molecule has 3 aromatic rings. The van der Waals surface area contributed by atoms with Gasteiger partial charge in [0, 0.05) is 5.69 Å². The second kappa shape index (κ2) is 7.77. The van der Waals surface area contributed by atoms with E-state index in [1.807, 2.05) is 0 Å². The summed E-state index contributed by atoms with van der Waals surface area (Å²) in [6, 6.07) is 32.2. The topological polar surface area (TPSA) is 12.0 Å². The zero-order chi connectivity index (χ0) is 15.0. The Kier molecular flexibility index (Phi) is 5.23. The first kappa shape index (κ1) is 14.8. The molecule has 0 amide bonds. The Balaban J connectivity index is 1.74. The van der Waals surface area contributed by atoms with Gasteiger partial charge in [0.05, 0.1) is 6.04 Å². The lowest BCUT2D eigenvalue weighted by Crippen LogP contribution is -2.14. The SMILES string of the molecule is c1ccc(N[C@H](CPc2ccccc2)c2ccccc2)cc1. The maximum atomic E-state index is 3.67. The van der Waals surface area contributed by atoms with E-state index in [-0.39, 0.29) is 0 Å². The molecule has 1 N–H and O–H groups in total. The fourth-order valence-electron chi connectivity index (χ4n) is 2.45. The van der Waals surface area contributed by atoms with Gasteiger partial charge in [-0.2, -0.15) is 0 Å². The summed E-state index contributed by atoms with van der Waals surface area (Å²) in [5.41, 5.74) is 2.52. The minimum atomic E-state index is 0.335. The minimum absolute atomic E-state index is 0.335. The zero-order valence-electron chi connectivity index (χ0n) is 12.4. The van der Waals surface area contributed by atoms with Crippen molar-refractivity contribution in [3.8, 4) is 0 Å². The normalized spacial score (nSPS) is 12.4. The van der Waals surface area contributed by atoms with E-state index in [0.29, 0.717) is 6.04 Å². The van der Waals surface area contributed by atoms with Gasteiger partial charge in [-0.3, -0.25) is 0 Å². The molecule has 0 aliphatic heterocycles. The van der Waals surface area contributed by atoms with Crippen LogP contribution in [0.1, 0.15) is 11.6 Å². The molecule has 0 fully saturated rings. The maximum absolute atomic E-state index is 3.67. The van der Waals surface area contributed by atoms with Gasteiger partial charge in [-0.1, -0.05) is 87.4 Å². The molecule has 2 heteroatoms. The first-order valence-corrected chi connectivity index (χ1v) is 8.78. The van der Waals surface area contributed by atoms with E-state index >= 15 is 0 Å². The van der Waals surface area contributed by atoms with Gasteiger partial charge in [0.25, 0.3) is 0 Å². The van der Waals surface area contributed by atoms with Crippen LogP contribution in [0.15, 0.2) is 91.0 Å². The van der Waals surface area contributed by atoms with Crippen molar-refractivity contribution in [2.75, 3.05) is 11.5 Å². The van der Waals surface area contributed by atoms with Gasteiger partial charge in [-0.05, 0) is 29.2 Å². The molecule has 3 rings (SSSR count). The Morgan fingerprint density at radius 1 is 0.682 bits per heavy atom. The van der Waals surface area contributed by atoms with Crippen LogP contribution >= 0.6 is 8.58 Å². The first-order valence-electron chi connectivity index (χ1n) is 7.57. The molecule has 0 spiro atoms. The molecule has 22 heavy (non-hydrogen) atoms. The summed E-state index contributed by atoms with van der Waals surface area (Å²) in [6.07, 6.45) is 1.10. The van der Waals surface area contributed by atoms with Crippen molar-refractivity contribution in [1.29, 1.82) is 0 Å². The lowest BCUT2D eigenvalue weighted by atomic mass is 10.1. The van der Waals surface area contributed by atoms with Crippen molar-refractivity contribution in [1.82, 2.24) is 0 Å². The van der Waals surface area contributed by atoms with Crippen LogP contribution in [0.2, 0.25) is 0 Å². The van der Waals surface area contributed by atoms with Gasteiger partial charge in [0.1, 0.15) is 0 Å². The molecule has 1 nitrogen and oxygen atoms in total. The zero-order valence-corrected chi connectivity index (χ0v) is 13.4. The molecular formula is C20H20NP. The second-order valence-electron chi connectivity index (χ2n) is 5.22. The molecular weight excluding hydrogens is 285 g/mol. The Hall–Kier alpha value is -2.11. The van der Waals surface area contributed by atoms with E-state index < -0.39 is 0 Å². The predicted octanol–water partition coefficient (Wildman–Crippen LogP) is 4.84. The highest BCUT2D eigenvalue weighted by atomic mass is 31.1. The van der Waals surface area contributed by atoms with E-state index in [9.17, 15) is 0 Å². The van der Waals surface area contributed by atoms with Gasteiger partial charge in [-0.15, -0.1) is 0 Å². The fraction of sp³-hybridized carbons (Fsp3) is 0.100. The summed E-state index contributed by atoms with van der Waals surface area (Å²) >= 11 is 0. The molecule has 3 aromatic carbocycles. The van der Waals surface area contributed by atoms with Crippen LogP contribution in [0.4, 0.5) is 5.69 Å². The van der Waals surface area contributed by atoms with Crippen LogP contribution in [0.25, 0.3) is 0 Å². The Bertz CT molecular complexity index is 668. The number of hydrogen-bond donors (Lipinski definition) is 1. The Morgan fingerprint density at radius 2 is 1.23 bits per heavy atom. The van der Waals surface area contributed by atoms with E-state index in [1.165, 1.54) is 16.6 Å². The number of hydrogen-bond acceptors (Lipinski definition) is 1. The largest absolute Gasteiger partial charge is 0.378 e. The maximum Gasteiger partial charge on any atom is 0.0553 e. The van der Waals surface area contributed by atoms with Crippen LogP contribution in [0.3, 0.4) is 0 Å². The molecule has 0 bridgehead atoms. The van der Waals surface area contributed by atoms with E-state index in [1.54, 1.807) is 0 Å². The van der Waals surface area contributed by atoms with Crippen molar-refractivity contribution in [2.24, 2.45) is 0 Å². The third-order valence-electron chi connectivity index (χ3n) is 3.60. The summed E-state index contributed by atoms with van der Waals surface area (Å²) in [4.78, 5) is 0. The van der Waals surface area contributed by atoms with Crippen LogP contribution < -0.4 is 10.6 Å². The summed E-state index contributed by atoms with van der Waals surface area (Å²) in [6.45, 7) is 0. The Labute approximate surface area is 134 Å². The highest BCUT2D eigenvalue weighted by Crippen LogP contribution is 2.26. The van der Waals surface area contributed by atoms with Crippen LogP contribution in [-0.4, -0.2) is 6.16 Å². The molecule has 0 radical (unpaired) electrons. The quantitative estimate of drug-likeness (QED) is 0.642. The standard InChI is InChI=1S/C20H20NP/c1-4-10-17(11-5-1)20(21-18-12-6-2-7-13-18)16-22-19-14-8-3-9-15-19/h1-15,20-22H,16H2/t20-/m1/s1. The number of nitrogens with one attached hydrogen (secondary N) is 1. The molecule has 2 atom stereocenters. The van der Waals surface area contributed by atoms with E-state index in [2.05, 4.69) is 96.3 Å². The third kappa shape index (κ3) is 4.19. The average molecular weight is 305 g/mol. The van der Waals surface area contributed by atoms with Crippen LogP contribution in [0.5, 0.6) is 0 Å². The van der Waals surface area contributed by atoms with Gasteiger partial charge >= 0.3 is 0 Å². The van der Waals surface area contributed by atoms with Crippen molar-refractivity contribution < 1.29 is 0 Å². The van der Waals surface area contributed by atoms with Gasteiger partial charge in [0.15, 0.2) is 0 Å². The predicted molar refractivity (Wildman–Crippen MR) is 98.5 cm³/mol. The summed E-state index contributed by atoms with van der Waals surface area (Å²) in [5.74, 6) is 0. The fourth-order valence-corrected chi connectivity index (χ4v) is 3.65. The van der Waals surface area contributed by atoms with Crippen molar-refractivity contribution in [2.45, 2.75) is 6.04 Å². The Morgan fingerprint density at radius 3 is 1.86 bits per heavy atom. The highest BCUT2D eigenvalue weighted by Gasteiger charge is 2.11. The van der Waals surface area contributed by atoms with E-state index in [4.69, 9.17) is 0 Å². The van der Waals surface area contributed by atoms with Crippen molar-refractivity contribution >= 4 is 19.6 Å². The van der Waals surface area contributed by atoms with Gasteiger partial charge < -0.3 is 5.32 Å². The third-order valence-corrected chi connectivity index (χ3v) is 4.95. The van der Waals surface area contributed by atoms with E-state index in [0.717, 1.165) is 14.7 Å². The molecule has 0 aliphatic carbocycles. The number of benzene rings is 3. The number of anilines is 1. The lowest BCUT2D eigenvalue weighted by molar-refractivity contribution is 0.897. The van der Waals surface area contributed by atoms with Crippen molar-refractivity contribution in [3.63, 3.8) is 0 Å². The smallest absolute Gasteiger partial charge is 0.0553 e. The summed E-state index contributed by atoms with van der Waals surface area (Å²) in [7, 11) is 0.800. The summed E-state index contributed by atoms with van der Waals surface area (Å²) in [5, 5.41) is 5.09. The first-order chi connectivity index (χ1) is 10.9. The summed E-state index contributed by atoms with van der Waals surface area (Å²) < 4.78 is 0. The molecule has 0 aromatic heterocycles. The monoisotopic (exact) mass is 305 g/mol. The van der Waals surface area contributed by atoms with Crippen molar-refractivity contribution in [3.05, 3.63) is 96.6 Å². The van der Waals surface area contributed by atoms with Gasteiger partial charge in [-0.25, -0.2) is 0 Å². The molecule has 0 saturated heterocycles. The number of rotatable bonds is 6. The molecule has 1 unspecified atom stereocenters. The highest BCUT2D eigenvalue weighted by molar-refractivity contribution is 7.47. The minimum Gasteiger partial charge on any atom is -0.378 e. The molecule has 0 aliphatic rings. The van der Waals surface area contributed by atoms with Crippen LogP contribution in [-0.2, 0) is 0 Å². The molecule has 0 saturated carbocycles. The molecule has 110 valence electrons.